The molecule has 0 amide bonds. The van der Waals surface area contributed by atoms with Gasteiger partial charge >= 0.3 is 0 Å². The molecule has 13 heavy (non-hydrogen) atoms. The molecule has 0 unspecified atom stereocenters. The van der Waals surface area contributed by atoms with Crippen molar-refractivity contribution in [3.05, 3.63) is 0 Å². The van der Waals surface area contributed by atoms with Crippen molar-refractivity contribution >= 4 is 10.8 Å². The minimum atomic E-state index is -0.595. The molecule has 1 saturated heterocycles. The summed E-state index contributed by atoms with van der Waals surface area (Å²) in [5, 5.41) is 8.90. The van der Waals surface area contributed by atoms with Gasteiger partial charge < -0.3 is 0 Å². The normalized spacial score (nSPS) is 28.2. The lowest BCUT2D eigenvalue weighted by atomic mass is 10.1. The summed E-state index contributed by atoms with van der Waals surface area (Å²) in [5.74, 6) is 1.59. The first kappa shape index (κ1) is 9.17. The van der Waals surface area contributed by atoms with Gasteiger partial charge in [-0.1, -0.05) is 0 Å². The Morgan fingerprint density at radius 1 is 1.38 bits per heavy atom. The van der Waals surface area contributed by atoms with Crippen molar-refractivity contribution in [2.24, 2.45) is 5.41 Å². The van der Waals surface area contributed by atoms with Gasteiger partial charge in [0.15, 0.2) is 0 Å². The Kier molecular flexibility index (Phi) is 2.39. The average Bonchev–Trinajstić information content (AvgIpc) is 2.90. The van der Waals surface area contributed by atoms with Crippen LogP contribution in [0.4, 0.5) is 0 Å². The second-order valence-corrected chi connectivity index (χ2v) is 5.71. The van der Waals surface area contributed by atoms with E-state index in [0.29, 0.717) is 0 Å². The molecule has 2 aliphatic rings. The minimum Gasteiger partial charge on any atom is -0.300 e. The fourth-order valence-electron chi connectivity index (χ4n) is 1.72. The summed E-state index contributed by atoms with van der Waals surface area (Å²) >= 11 is 0. The largest absolute Gasteiger partial charge is 0.300 e. The molecular formula is C9H14N2OS. The van der Waals surface area contributed by atoms with Crippen molar-refractivity contribution in [2.45, 2.75) is 12.8 Å². The summed E-state index contributed by atoms with van der Waals surface area (Å²) in [6, 6.07) is 2.39. The number of rotatable bonds is 2. The molecule has 0 atom stereocenters. The molecule has 0 spiro atoms. The maximum atomic E-state index is 11.1. The highest BCUT2D eigenvalue weighted by Crippen LogP contribution is 2.45. The van der Waals surface area contributed by atoms with Crippen LogP contribution in [0.15, 0.2) is 0 Å². The molecule has 0 aromatic heterocycles. The van der Waals surface area contributed by atoms with E-state index in [0.717, 1.165) is 44.0 Å². The molecule has 1 heterocycles. The number of nitriles is 1. The van der Waals surface area contributed by atoms with Gasteiger partial charge in [-0.05, 0) is 12.8 Å². The fraction of sp³-hybridized carbons (Fsp3) is 0.889. The van der Waals surface area contributed by atoms with Crippen LogP contribution < -0.4 is 0 Å². The predicted octanol–water partition coefficient (Wildman–Crippen LogP) is 0.354. The fourth-order valence-corrected chi connectivity index (χ4v) is 2.85. The van der Waals surface area contributed by atoms with Gasteiger partial charge in [-0.15, -0.1) is 0 Å². The molecule has 0 aromatic carbocycles. The van der Waals surface area contributed by atoms with Crippen molar-refractivity contribution in [1.29, 1.82) is 5.26 Å². The van der Waals surface area contributed by atoms with E-state index in [1.165, 1.54) is 0 Å². The van der Waals surface area contributed by atoms with E-state index in [-0.39, 0.29) is 5.41 Å². The summed E-state index contributed by atoms with van der Waals surface area (Å²) in [4.78, 5) is 2.29. The van der Waals surface area contributed by atoms with Crippen molar-refractivity contribution in [1.82, 2.24) is 4.90 Å². The highest BCUT2D eigenvalue weighted by atomic mass is 32.2. The van der Waals surface area contributed by atoms with Gasteiger partial charge in [0.1, 0.15) is 0 Å². The highest BCUT2D eigenvalue weighted by molar-refractivity contribution is 7.85. The molecule has 0 radical (unpaired) electrons. The summed E-state index contributed by atoms with van der Waals surface area (Å²) < 4.78 is 11.1. The lowest BCUT2D eigenvalue weighted by Crippen LogP contribution is -2.40. The van der Waals surface area contributed by atoms with Crippen molar-refractivity contribution in [3.8, 4) is 6.07 Å². The van der Waals surface area contributed by atoms with Crippen LogP contribution in [0.25, 0.3) is 0 Å². The molecule has 0 aromatic rings. The van der Waals surface area contributed by atoms with Crippen molar-refractivity contribution in [3.63, 3.8) is 0 Å². The molecular weight excluding hydrogens is 184 g/mol. The van der Waals surface area contributed by atoms with Crippen LogP contribution in [-0.2, 0) is 10.8 Å². The summed E-state index contributed by atoms with van der Waals surface area (Å²) in [5.41, 5.74) is -0.0289. The van der Waals surface area contributed by atoms with Crippen LogP contribution in [0, 0.1) is 16.7 Å². The summed E-state index contributed by atoms with van der Waals surface area (Å²) in [7, 11) is -0.595. The Bertz CT molecular complexity index is 257. The minimum absolute atomic E-state index is 0.0289. The van der Waals surface area contributed by atoms with Crippen LogP contribution in [0.1, 0.15) is 12.8 Å². The zero-order valence-electron chi connectivity index (χ0n) is 7.66. The zero-order chi connectivity index (χ0) is 9.31. The molecule has 72 valence electrons. The van der Waals surface area contributed by atoms with E-state index in [2.05, 4.69) is 11.0 Å². The van der Waals surface area contributed by atoms with Crippen LogP contribution >= 0.6 is 0 Å². The Morgan fingerprint density at radius 2 is 2.00 bits per heavy atom. The third kappa shape index (κ3) is 2.09. The van der Waals surface area contributed by atoms with Crippen LogP contribution in [-0.4, -0.2) is 40.2 Å². The Morgan fingerprint density at radius 3 is 2.46 bits per heavy atom. The molecule has 2 rings (SSSR count). The van der Waals surface area contributed by atoms with Crippen LogP contribution in [0.2, 0.25) is 0 Å². The smallest absolute Gasteiger partial charge is 0.0703 e. The Balaban J connectivity index is 1.83. The first-order valence-electron chi connectivity index (χ1n) is 4.73. The Labute approximate surface area is 81.2 Å². The number of hydrogen-bond acceptors (Lipinski definition) is 3. The predicted molar refractivity (Wildman–Crippen MR) is 51.6 cm³/mol. The molecule has 2 fully saturated rings. The first-order valence-corrected chi connectivity index (χ1v) is 6.22. The molecule has 0 N–H and O–H groups in total. The summed E-state index contributed by atoms with van der Waals surface area (Å²) in [6.07, 6.45) is 2.12. The third-order valence-electron chi connectivity index (χ3n) is 2.89. The Hall–Kier alpha value is -0.400. The lowest BCUT2D eigenvalue weighted by molar-refractivity contribution is 0.264. The average molecular weight is 198 g/mol. The topological polar surface area (TPSA) is 44.1 Å². The monoisotopic (exact) mass is 198 g/mol. The van der Waals surface area contributed by atoms with Gasteiger partial charge in [0.05, 0.1) is 11.5 Å². The summed E-state index contributed by atoms with van der Waals surface area (Å²) in [6.45, 7) is 2.73. The quantitative estimate of drug-likeness (QED) is 0.643. The molecule has 1 saturated carbocycles. The molecule has 1 aliphatic heterocycles. The SMILES string of the molecule is N#CC1(CN2CCS(=O)CC2)CC1. The lowest BCUT2D eigenvalue weighted by Gasteiger charge is -2.27. The van der Waals surface area contributed by atoms with Gasteiger partial charge in [0, 0.05) is 41.9 Å². The van der Waals surface area contributed by atoms with Crippen LogP contribution in [0.5, 0.6) is 0 Å². The molecule has 0 bridgehead atoms. The first-order chi connectivity index (χ1) is 6.24. The van der Waals surface area contributed by atoms with Gasteiger partial charge in [-0.2, -0.15) is 5.26 Å². The second kappa shape index (κ2) is 3.39. The third-order valence-corrected chi connectivity index (χ3v) is 4.16. The maximum absolute atomic E-state index is 11.1. The molecule has 4 heteroatoms. The van der Waals surface area contributed by atoms with E-state index in [1.807, 2.05) is 0 Å². The standard InChI is InChI=1S/C9H14N2OS/c10-7-9(1-2-9)8-11-3-5-13(12)6-4-11/h1-6,8H2. The van der Waals surface area contributed by atoms with E-state index >= 15 is 0 Å². The van der Waals surface area contributed by atoms with Gasteiger partial charge in [0.2, 0.25) is 0 Å². The number of hydrogen-bond donors (Lipinski definition) is 0. The van der Waals surface area contributed by atoms with Crippen molar-refractivity contribution in [2.75, 3.05) is 31.1 Å². The van der Waals surface area contributed by atoms with Gasteiger partial charge in [-0.3, -0.25) is 9.11 Å². The second-order valence-electron chi connectivity index (χ2n) is 4.02. The van der Waals surface area contributed by atoms with Gasteiger partial charge in [0.25, 0.3) is 0 Å². The van der Waals surface area contributed by atoms with E-state index < -0.39 is 10.8 Å². The van der Waals surface area contributed by atoms with Crippen molar-refractivity contribution < 1.29 is 4.21 Å². The van der Waals surface area contributed by atoms with Gasteiger partial charge in [-0.25, -0.2) is 0 Å². The van der Waals surface area contributed by atoms with E-state index in [4.69, 9.17) is 5.26 Å². The zero-order valence-corrected chi connectivity index (χ0v) is 8.48. The van der Waals surface area contributed by atoms with E-state index in [1.54, 1.807) is 0 Å². The number of nitrogens with zero attached hydrogens (tertiary/aromatic N) is 2. The molecule has 3 nitrogen and oxygen atoms in total. The highest BCUT2D eigenvalue weighted by Gasteiger charge is 2.44. The maximum Gasteiger partial charge on any atom is 0.0703 e. The van der Waals surface area contributed by atoms with Crippen LogP contribution in [0.3, 0.4) is 0 Å². The van der Waals surface area contributed by atoms with E-state index in [9.17, 15) is 4.21 Å². The molecule has 1 aliphatic carbocycles.